The first kappa shape index (κ1) is 13.8. The van der Waals surface area contributed by atoms with E-state index in [0.29, 0.717) is 28.8 Å². The van der Waals surface area contributed by atoms with Gasteiger partial charge in [0.15, 0.2) is 11.5 Å². The molecule has 20 heavy (non-hydrogen) atoms. The SMILES string of the molecule is COc1cnc(C=Nc2cccc(OC)c2OC)cn1. The summed E-state index contributed by atoms with van der Waals surface area (Å²) in [6.45, 7) is 0. The molecular formula is C14H15N3O3. The molecule has 0 spiro atoms. The fraction of sp³-hybridized carbons (Fsp3) is 0.214. The van der Waals surface area contributed by atoms with Gasteiger partial charge in [-0.1, -0.05) is 6.07 Å². The Morgan fingerprint density at radius 3 is 2.45 bits per heavy atom. The van der Waals surface area contributed by atoms with Crippen LogP contribution >= 0.6 is 0 Å². The highest BCUT2D eigenvalue weighted by atomic mass is 16.5. The second-order valence-corrected chi connectivity index (χ2v) is 3.75. The number of aliphatic imine (C=N–C) groups is 1. The molecule has 0 unspecified atom stereocenters. The zero-order chi connectivity index (χ0) is 14.4. The Balaban J connectivity index is 2.26. The van der Waals surface area contributed by atoms with Crippen LogP contribution in [-0.2, 0) is 0 Å². The monoisotopic (exact) mass is 273 g/mol. The van der Waals surface area contributed by atoms with E-state index in [-0.39, 0.29) is 0 Å². The van der Waals surface area contributed by atoms with E-state index in [2.05, 4.69) is 15.0 Å². The predicted molar refractivity (Wildman–Crippen MR) is 75.4 cm³/mol. The molecule has 0 aliphatic carbocycles. The number of nitrogens with zero attached hydrogens (tertiary/aromatic N) is 3. The fourth-order valence-corrected chi connectivity index (χ4v) is 1.61. The van der Waals surface area contributed by atoms with E-state index in [9.17, 15) is 0 Å². The maximum absolute atomic E-state index is 5.30. The molecule has 1 heterocycles. The summed E-state index contributed by atoms with van der Waals surface area (Å²) >= 11 is 0. The molecule has 2 rings (SSSR count). The van der Waals surface area contributed by atoms with Crippen molar-refractivity contribution in [1.82, 2.24) is 9.97 Å². The Morgan fingerprint density at radius 1 is 1.00 bits per heavy atom. The largest absolute Gasteiger partial charge is 0.493 e. The van der Waals surface area contributed by atoms with Crippen molar-refractivity contribution in [3.63, 3.8) is 0 Å². The summed E-state index contributed by atoms with van der Waals surface area (Å²) in [4.78, 5) is 12.5. The van der Waals surface area contributed by atoms with Gasteiger partial charge in [-0.25, -0.2) is 9.97 Å². The van der Waals surface area contributed by atoms with Crippen molar-refractivity contribution in [2.45, 2.75) is 0 Å². The van der Waals surface area contributed by atoms with Crippen molar-refractivity contribution in [3.05, 3.63) is 36.3 Å². The molecule has 0 atom stereocenters. The summed E-state index contributed by atoms with van der Waals surface area (Å²) in [6.07, 6.45) is 4.71. The number of hydrogen-bond donors (Lipinski definition) is 0. The van der Waals surface area contributed by atoms with E-state index in [4.69, 9.17) is 14.2 Å². The number of benzene rings is 1. The summed E-state index contributed by atoms with van der Waals surface area (Å²) < 4.78 is 15.5. The lowest BCUT2D eigenvalue weighted by atomic mass is 10.2. The molecular weight excluding hydrogens is 258 g/mol. The van der Waals surface area contributed by atoms with Crippen LogP contribution in [0, 0.1) is 0 Å². The van der Waals surface area contributed by atoms with Gasteiger partial charge >= 0.3 is 0 Å². The second-order valence-electron chi connectivity index (χ2n) is 3.75. The molecule has 0 aliphatic rings. The highest BCUT2D eigenvalue weighted by Crippen LogP contribution is 2.36. The van der Waals surface area contributed by atoms with Crippen LogP contribution in [0.25, 0.3) is 0 Å². The van der Waals surface area contributed by atoms with Crippen molar-refractivity contribution < 1.29 is 14.2 Å². The van der Waals surface area contributed by atoms with Gasteiger partial charge in [0.05, 0.1) is 45.6 Å². The van der Waals surface area contributed by atoms with Crippen LogP contribution in [0.5, 0.6) is 17.4 Å². The third-order valence-corrected chi connectivity index (χ3v) is 2.58. The van der Waals surface area contributed by atoms with E-state index < -0.39 is 0 Å². The Hall–Kier alpha value is -2.63. The maximum atomic E-state index is 5.30. The van der Waals surface area contributed by atoms with Crippen LogP contribution in [0.3, 0.4) is 0 Å². The van der Waals surface area contributed by atoms with Crippen molar-refractivity contribution in [3.8, 4) is 17.4 Å². The minimum absolute atomic E-state index is 0.459. The molecule has 0 bridgehead atoms. The summed E-state index contributed by atoms with van der Waals surface area (Å²) in [5, 5.41) is 0. The van der Waals surface area contributed by atoms with E-state index in [1.54, 1.807) is 33.7 Å². The Kier molecular flexibility index (Phi) is 4.49. The summed E-state index contributed by atoms with van der Waals surface area (Å²) in [6, 6.07) is 5.48. The van der Waals surface area contributed by atoms with Crippen LogP contribution < -0.4 is 14.2 Å². The maximum Gasteiger partial charge on any atom is 0.232 e. The normalized spacial score (nSPS) is 10.6. The van der Waals surface area contributed by atoms with E-state index in [0.717, 1.165) is 0 Å². The smallest absolute Gasteiger partial charge is 0.232 e. The third-order valence-electron chi connectivity index (χ3n) is 2.58. The van der Waals surface area contributed by atoms with Gasteiger partial charge < -0.3 is 14.2 Å². The van der Waals surface area contributed by atoms with Gasteiger partial charge in [-0.15, -0.1) is 0 Å². The quantitative estimate of drug-likeness (QED) is 0.782. The van der Waals surface area contributed by atoms with Crippen LogP contribution in [-0.4, -0.2) is 37.5 Å². The van der Waals surface area contributed by atoms with Gasteiger partial charge in [-0.05, 0) is 12.1 Å². The molecule has 0 saturated heterocycles. The van der Waals surface area contributed by atoms with Gasteiger partial charge in [0.1, 0.15) is 5.69 Å². The highest BCUT2D eigenvalue weighted by Gasteiger charge is 2.07. The fourth-order valence-electron chi connectivity index (χ4n) is 1.61. The summed E-state index contributed by atoms with van der Waals surface area (Å²) in [5.74, 6) is 1.66. The standard InChI is InChI=1S/C14H15N3O3/c1-18-12-6-4-5-11(14(12)20-3)16-7-10-8-17-13(19-2)9-15-10/h4-9H,1-3H3. The minimum atomic E-state index is 0.459. The second kappa shape index (κ2) is 6.51. The van der Waals surface area contributed by atoms with Crippen molar-refractivity contribution in [2.24, 2.45) is 4.99 Å². The van der Waals surface area contributed by atoms with Gasteiger partial charge in [-0.3, -0.25) is 4.99 Å². The zero-order valence-corrected chi connectivity index (χ0v) is 11.5. The first-order chi connectivity index (χ1) is 9.78. The number of para-hydroxylation sites is 1. The molecule has 0 fully saturated rings. The van der Waals surface area contributed by atoms with Gasteiger partial charge in [0, 0.05) is 0 Å². The van der Waals surface area contributed by atoms with Crippen LogP contribution in [0.15, 0.2) is 35.6 Å². The molecule has 6 heteroatoms. The lowest BCUT2D eigenvalue weighted by Gasteiger charge is -2.09. The van der Waals surface area contributed by atoms with Crippen molar-refractivity contribution in [1.29, 1.82) is 0 Å². The third kappa shape index (κ3) is 3.03. The van der Waals surface area contributed by atoms with Gasteiger partial charge in [0.25, 0.3) is 0 Å². The Labute approximate surface area is 117 Å². The van der Waals surface area contributed by atoms with Crippen molar-refractivity contribution in [2.75, 3.05) is 21.3 Å². The van der Waals surface area contributed by atoms with E-state index in [1.807, 2.05) is 18.2 Å². The van der Waals surface area contributed by atoms with Crippen LogP contribution in [0.2, 0.25) is 0 Å². The average molecular weight is 273 g/mol. The molecule has 1 aromatic carbocycles. The number of methoxy groups -OCH3 is 3. The van der Waals surface area contributed by atoms with E-state index >= 15 is 0 Å². The highest BCUT2D eigenvalue weighted by molar-refractivity contribution is 5.80. The molecule has 0 saturated carbocycles. The first-order valence-corrected chi connectivity index (χ1v) is 5.89. The lowest BCUT2D eigenvalue weighted by Crippen LogP contribution is -1.93. The van der Waals surface area contributed by atoms with Crippen LogP contribution in [0.1, 0.15) is 5.69 Å². The molecule has 0 amide bonds. The van der Waals surface area contributed by atoms with Crippen molar-refractivity contribution >= 4 is 11.9 Å². The van der Waals surface area contributed by atoms with E-state index in [1.165, 1.54) is 6.20 Å². The zero-order valence-electron chi connectivity index (χ0n) is 11.5. The first-order valence-electron chi connectivity index (χ1n) is 5.89. The number of aromatic nitrogens is 2. The molecule has 6 nitrogen and oxygen atoms in total. The summed E-state index contributed by atoms with van der Waals surface area (Å²) in [7, 11) is 4.70. The molecule has 0 radical (unpaired) electrons. The average Bonchev–Trinajstić information content (AvgIpc) is 2.52. The predicted octanol–water partition coefficient (Wildman–Crippen LogP) is 2.25. The number of rotatable bonds is 5. The summed E-state index contributed by atoms with van der Waals surface area (Å²) in [5.41, 5.74) is 1.28. The Morgan fingerprint density at radius 2 is 1.85 bits per heavy atom. The van der Waals surface area contributed by atoms with Crippen LogP contribution in [0.4, 0.5) is 5.69 Å². The number of hydrogen-bond acceptors (Lipinski definition) is 6. The van der Waals surface area contributed by atoms with Gasteiger partial charge in [0.2, 0.25) is 5.88 Å². The molecule has 2 aromatic rings. The Bertz CT molecular complexity index is 597. The van der Waals surface area contributed by atoms with Gasteiger partial charge in [-0.2, -0.15) is 0 Å². The minimum Gasteiger partial charge on any atom is -0.493 e. The lowest BCUT2D eigenvalue weighted by molar-refractivity contribution is 0.356. The molecule has 1 aromatic heterocycles. The number of ether oxygens (including phenoxy) is 3. The molecule has 104 valence electrons. The molecule has 0 N–H and O–H groups in total. The molecule has 0 aliphatic heterocycles. The topological polar surface area (TPSA) is 65.8 Å².